The fourth-order valence-corrected chi connectivity index (χ4v) is 4.38. The molecule has 2 unspecified atom stereocenters. The van der Waals surface area contributed by atoms with Gasteiger partial charge in [-0.3, -0.25) is 4.79 Å². The highest BCUT2D eigenvalue weighted by Gasteiger charge is 2.63. The van der Waals surface area contributed by atoms with Crippen LogP contribution in [-0.2, 0) is 4.79 Å². The summed E-state index contributed by atoms with van der Waals surface area (Å²) in [5.41, 5.74) is 6.75. The first-order valence-corrected chi connectivity index (χ1v) is 9.06. The van der Waals surface area contributed by atoms with Gasteiger partial charge in [0.1, 0.15) is 23.7 Å². The highest BCUT2D eigenvalue weighted by molar-refractivity contribution is 6.08. The lowest BCUT2D eigenvalue weighted by molar-refractivity contribution is -0.125. The van der Waals surface area contributed by atoms with Crippen LogP contribution < -0.4 is 5.73 Å². The number of hydrogen-bond acceptors (Lipinski definition) is 5. The van der Waals surface area contributed by atoms with Crippen LogP contribution in [0.4, 0.5) is 0 Å². The standard InChI is InChI=1S/C22H22N4O2/c1-21(2)16-7-8-22(21,3)19(28)15(16)10-13-5-6-18(27)14(9-13)12-26-20(25-4)17(24)11-23/h5-6,9-10,12,16,27H,7-8,24H2,1-3H3/b15-10-,20-17+,26-12+. The molecule has 0 spiro atoms. The number of phenols is 1. The SMILES string of the molecule is [C-]#[N+]C(/N=C/c1cc(/C=C2\C(=O)C3(C)CCC2C3(C)C)ccc1O)=C(\N)C#N. The van der Waals surface area contributed by atoms with Gasteiger partial charge in [0.2, 0.25) is 0 Å². The Balaban J connectivity index is 1.98. The third-order valence-corrected chi connectivity index (χ3v) is 6.53. The van der Waals surface area contributed by atoms with Crippen LogP contribution in [-0.4, -0.2) is 17.1 Å². The number of benzene rings is 1. The minimum atomic E-state index is -0.325. The number of nitrogens with two attached hydrogens (primary N) is 1. The number of allylic oxidation sites excluding steroid dienone is 2. The van der Waals surface area contributed by atoms with Crippen molar-refractivity contribution in [3.63, 3.8) is 0 Å². The number of carbonyl (C=O) groups is 1. The number of aromatic hydroxyl groups is 1. The number of Topliss-reactive ketones (excluding diaryl/α,β-unsaturated/α-hetero) is 1. The van der Waals surface area contributed by atoms with Crippen molar-refractivity contribution in [1.29, 1.82) is 5.26 Å². The number of nitrogens with zero attached hydrogens (tertiary/aromatic N) is 3. The Hall–Kier alpha value is -3.38. The number of ketones is 1. The highest BCUT2D eigenvalue weighted by atomic mass is 16.3. The quantitative estimate of drug-likeness (QED) is 0.363. The molecule has 0 radical (unpaired) electrons. The van der Waals surface area contributed by atoms with E-state index < -0.39 is 0 Å². The molecule has 6 nitrogen and oxygen atoms in total. The van der Waals surface area contributed by atoms with Gasteiger partial charge in [-0.2, -0.15) is 5.26 Å². The van der Waals surface area contributed by atoms with E-state index in [0.29, 0.717) is 5.56 Å². The van der Waals surface area contributed by atoms with Gasteiger partial charge in [0.25, 0.3) is 0 Å². The normalized spacial score (nSPS) is 27.7. The molecule has 6 heteroatoms. The number of carbonyl (C=O) groups excluding carboxylic acids is 1. The van der Waals surface area contributed by atoms with E-state index in [-0.39, 0.29) is 39.8 Å². The summed E-state index contributed by atoms with van der Waals surface area (Å²) >= 11 is 0. The van der Waals surface area contributed by atoms with Crippen LogP contribution in [0.25, 0.3) is 10.9 Å². The van der Waals surface area contributed by atoms with E-state index in [0.717, 1.165) is 24.0 Å². The second-order valence-electron chi connectivity index (χ2n) is 8.11. The molecule has 0 amide bonds. The Kier molecular flexibility index (Phi) is 4.61. The molecule has 0 heterocycles. The van der Waals surface area contributed by atoms with E-state index in [1.165, 1.54) is 12.3 Å². The number of fused-ring (bicyclic) bond motifs is 2. The summed E-state index contributed by atoms with van der Waals surface area (Å²) in [6.45, 7) is 13.4. The molecule has 0 saturated heterocycles. The van der Waals surface area contributed by atoms with Crippen molar-refractivity contribution in [2.75, 3.05) is 0 Å². The molecular formula is C22H22N4O2. The van der Waals surface area contributed by atoms with Gasteiger partial charge >= 0.3 is 5.82 Å². The second kappa shape index (κ2) is 6.65. The predicted octanol–water partition coefficient (Wildman–Crippen LogP) is 3.79. The van der Waals surface area contributed by atoms with E-state index >= 15 is 0 Å². The minimum Gasteiger partial charge on any atom is -0.507 e. The molecule has 0 aromatic heterocycles. The van der Waals surface area contributed by atoms with Crippen LogP contribution >= 0.6 is 0 Å². The van der Waals surface area contributed by atoms with Crippen LogP contribution in [0.5, 0.6) is 5.75 Å². The van der Waals surface area contributed by atoms with Crippen molar-refractivity contribution in [3.8, 4) is 11.8 Å². The molecule has 142 valence electrons. The lowest BCUT2D eigenvalue weighted by atomic mass is 9.70. The van der Waals surface area contributed by atoms with Crippen LogP contribution in [0.1, 0.15) is 44.7 Å². The number of aliphatic imine (C=N–C) groups is 1. The number of nitriles is 1. The third kappa shape index (κ3) is 2.78. The van der Waals surface area contributed by atoms with E-state index in [4.69, 9.17) is 17.6 Å². The fraction of sp³-hybridized carbons (Fsp3) is 0.364. The Morgan fingerprint density at radius 1 is 1.46 bits per heavy atom. The van der Waals surface area contributed by atoms with Gasteiger partial charge in [0, 0.05) is 5.41 Å². The van der Waals surface area contributed by atoms with Crippen molar-refractivity contribution >= 4 is 18.1 Å². The van der Waals surface area contributed by atoms with Crippen LogP contribution in [0.15, 0.2) is 40.3 Å². The van der Waals surface area contributed by atoms with Crippen molar-refractivity contribution in [2.45, 2.75) is 33.6 Å². The molecule has 2 aliphatic rings. The molecule has 3 rings (SSSR count). The van der Waals surface area contributed by atoms with Gasteiger partial charge in [0.15, 0.2) is 5.78 Å². The zero-order valence-corrected chi connectivity index (χ0v) is 16.2. The van der Waals surface area contributed by atoms with Gasteiger partial charge in [-0.25, -0.2) is 0 Å². The van der Waals surface area contributed by atoms with Gasteiger partial charge in [0.05, 0.1) is 5.56 Å². The molecule has 2 aliphatic carbocycles. The van der Waals surface area contributed by atoms with Gasteiger partial charge in [-0.15, -0.1) is 4.99 Å². The smallest absolute Gasteiger partial charge is 0.303 e. The molecule has 1 aromatic rings. The summed E-state index contributed by atoms with van der Waals surface area (Å²) < 4.78 is 0. The zero-order valence-electron chi connectivity index (χ0n) is 16.2. The second-order valence-corrected chi connectivity index (χ2v) is 8.11. The Labute approximate surface area is 164 Å². The summed E-state index contributed by atoms with van der Waals surface area (Å²) in [5.74, 6) is 0.181. The van der Waals surface area contributed by atoms with Crippen LogP contribution in [0.3, 0.4) is 0 Å². The van der Waals surface area contributed by atoms with E-state index in [9.17, 15) is 9.90 Å². The number of hydrogen-bond donors (Lipinski definition) is 2. The monoisotopic (exact) mass is 374 g/mol. The maximum absolute atomic E-state index is 13.0. The lowest BCUT2D eigenvalue weighted by Crippen LogP contribution is -2.32. The maximum Gasteiger partial charge on any atom is 0.303 e. The number of phenolic OH excluding ortho intramolecular Hbond substituents is 1. The first kappa shape index (κ1) is 19.4. The fourth-order valence-electron chi connectivity index (χ4n) is 4.38. The molecule has 3 N–H and O–H groups in total. The van der Waals surface area contributed by atoms with Crippen LogP contribution in [0.2, 0.25) is 0 Å². The Bertz CT molecular complexity index is 1030. The topological polar surface area (TPSA) is 104 Å². The minimum absolute atomic E-state index is 0.0164. The summed E-state index contributed by atoms with van der Waals surface area (Å²) in [5, 5.41) is 18.9. The van der Waals surface area contributed by atoms with Gasteiger partial charge in [-0.05, 0) is 53.5 Å². The molecule has 2 fully saturated rings. The Morgan fingerprint density at radius 3 is 2.75 bits per heavy atom. The molecule has 0 aliphatic heterocycles. The first-order valence-electron chi connectivity index (χ1n) is 9.06. The molecule has 2 atom stereocenters. The van der Waals surface area contributed by atoms with Crippen molar-refractivity contribution in [2.24, 2.45) is 27.5 Å². The molecule has 28 heavy (non-hydrogen) atoms. The van der Waals surface area contributed by atoms with Gasteiger partial charge < -0.3 is 15.7 Å². The average Bonchev–Trinajstić information content (AvgIpc) is 2.98. The largest absolute Gasteiger partial charge is 0.507 e. The molecule has 1 aromatic carbocycles. The first-order chi connectivity index (χ1) is 13.2. The van der Waals surface area contributed by atoms with E-state index in [1.54, 1.807) is 18.2 Å². The molecule has 2 saturated carbocycles. The summed E-state index contributed by atoms with van der Waals surface area (Å²) in [7, 11) is 0. The van der Waals surface area contributed by atoms with Crippen molar-refractivity contribution in [3.05, 3.63) is 57.8 Å². The predicted molar refractivity (Wildman–Crippen MR) is 107 cm³/mol. The van der Waals surface area contributed by atoms with Crippen molar-refractivity contribution < 1.29 is 9.90 Å². The molecule has 2 bridgehead atoms. The number of rotatable bonds is 3. The molecular weight excluding hydrogens is 352 g/mol. The van der Waals surface area contributed by atoms with E-state index in [1.807, 2.05) is 6.08 Å². The average molecular weight is 374 g/mol. The van der Waals surface area contributed by atoms with E-state index in [2.05, 4.69) is 30.6 Å². The summed E-state index contributed by atoms with van der Waals surface area (Å²) in [6.07, 6.45) is 5.11. The van der Waals surface area contributed by atoms with Crippen LogP contribution in [0, 0.1) is 34.7 Å². The zero-order chi connectivity index (χ0) is 20.7. The van der Waals surface area contributed by atoms with Gasteiger partial charge in [-0.1, -0.05) is 33.4 Å². The summed E-state index contributed by atoms with van der Waals surface area (Å²) in [6, 6.07) is 6.64. The summed E-state index contributed by atoms with van der Waals surface area (Å²) in [4.78, 5) is 20.0. The highest BCUT2D eigenvalue weighted by Crippen LogP contribution is 2.65. The third-order valence-electron chi connectivity index (χ3n) is 6.53. The van der Waals surface area contributed by atoms with Crippen molar-refractivity contribution in [1.82, 2.24) is 0 Å². The maximum atomic E-state index is 13.0. The Morgan fingerprint density at radius 2 is 2.18 bits per heavy atom. The lowest BCUT2D eigenvalue weighted by Gasteiger charge is -2.31.